The largest absolute Gasteiger partial charge is 0.480 e. The van der Waals surface area contributed by atoms with Gasteiger partial charge in [0.1, 0.15) is 6.04 Å². The lowest BCUT2D eigenvalue weighted by Gasteiger charge is -2.14. The summed E-state index contributed by atoms with van der Waals surface area (Å²) in [6, 6.07) is 9.34. The number of aliphatic carboxylic acids is 1. The molecule has 2 rings (SSSR count). The van der Waals surface area contributed by atoms with Gasteiger partial charge in [0.15, 0.2) is 0 Å². The molecule has 0 fully saturated rings. The second-order valence-corrected chi connectivity index (χ2v) is 5.38. The van der Waals surface area contributed by atoms with Gasteiger partial charge in [-0.1, -0.05) is 30.3 Å². The number of nitrogens with one attached hydrogen (secondary N) is 1. The monoisotopic (exact) mass is 287 g/mol. The van der Waals surface area contributed by atoms with Crippen LogP contribution in [0.15, 0.2) is 42.7 Å². The first-order chi connectivity index (χ1) is 10.1. The van der Waals surface area contributed by atoms with Gasteiger partial charge in [-0.25, -0.2) is 0 Å². The first-order valence-corrected chi connectivity index (χ1v) is 7.09. The number of hydrogen-bond donors (Lipinski definition) is 2. The van der Waals surface area contributed by atoms with Crippen LogP contribution in [0.5, 0.6) is 0 Å². The maximum absolute atomic E-state index is 11.4. The third kappa shape index (κ3) is 4.43. The Kier molecular flexibility index (Phi) is 5.11. The van der Waals surface area contributed by atoms with Crippen LogP contribution in [0.2, 0.25) is 0 Å². The summed E-state index contributed by atoms with van der Waals surface area (Å²) in [7, 11) is 0. The molecule has 1 atom stereocenters. The summed E-state index contributed by atoms with van der Waals surface area (Å²) in [4.78, 5) is 11.4. The van der Waals surface area contributed by atoms with Crippen molar-refractivity contribution in [1.82, 2.24) is 15.1 Å². The molecule has 0 aliphatic rings. The summed E-state index contributed by atoms with van der Waals surface area (Å²) in [6.45, 7) is 4.61. The minimum atomic E-state index is -0.838. The molecule has 0 amide bonds. The van der Waals surface area contributed by atoms with E-state index in [4.69, 9.17) is 0 Å². The quantitative estimate of drug-likeness (QED) is 0.819. The van der Waals surface area contributed by atoms with Crippen molar-refractivity contribution >= 4 is 5.97 Å². The first-order valence-electron chi connectivity index (χ1n) is 7.09. The highest BCUT2D eigenvalue weighted by molar-refractivity contribution is 5.73. The number of rotatable bonds is 7. The number of carboxylic acids is 1. The average Bonchev–Trinajstić information content (AvgIpc) is 2.93. The summed E-state index contributed by atoms with van der Waals surface area (Å²) in [5, 5.41) is 16.7. The first kappa shape index (κ1) is 15.3. The molecule has 0 saturated heterocycles. The molecule has 0 spiro atoms. The van der Waals surface area contributed by atoms with E-state index in [2.05, 4.69) is 24.3 Å². The van der Waals surface area contributed by atoms with Crippen molar-refractivity contribution in [2.75, 3.05) is 0 Å². The lowest BCUT2D eigenvalue weighted by Crippen LogP contribution is -2.38. The molecule has 1 aromatic carbocycles. The lowest BCUT2D eigenvalue weighted by atomic mass is 10.1. The maximum Gasteiger partial charge on any atom is 0.321 e. The number of carboxylic acid groups (broad SMARTS) is 1. The summed E-state index contributed by atoms with van der Waals surface area (Å²) < 4.78 is 1.87. The van der Waals surface area contributed by atoms with Crippen molar-refractivity contribution < 1.29 is 9.90 Å². The van der Waals surface area contributed by atoms with Crippen molar-refractivity contribution in [1.29, 1.82) is 0 Å². The van der Waals surface area contributed by atoms with Gasteiger partial charge >= 0.3 is 5.97 Å². The van der Waals surface area contributed by atoms with E-state index in [0.29, 0.717) is 19.0 Å². The SMILES string of the molecule is CC(C)n1cc(CN[C@@H](Cc2ccccc2)C(=O)O)cn1. The number of hydrogen-bond acceptors (Lipinski definition) is 3. The van der Waals surface area contributed by atoms with E-state index in [0.717, 1.165) is 11.1 Å². The summed E-state index contributed by atoms with van der Waals surface area (Å²) in [6.07, 6.45) is 4.18. The van der Waals surface area contributed by atoms with Crippen LogP contribution in [0.1, 0.15) is 31.0 Å². The van der Waals surface area contributed by atoms with Crippen molar-refractivity contribution in [3.63, 3.8) is 0 Å². The Balaban J connectivity index is 1.95. The Morgan fingerprint density at radius 2 is 2.00 bits per heavy atom. The molecule has 2 N–H and O–H groups in total. The highest BCUT2D eigenvalue weighted by Crippen LogP contribution is 2.07. The predicted octanol–water partition coefficient (Wildman–Crippen LogP) is 2.25. The number of aromatic nitrogens is 2. The lowest BCUT2D eigenvalue weighted by molar-refractivity contribution is -0.139. The topological polar surface area (TPSA) is 67.2 Å². The van der Waals surface area contributed by atoms with Crippen LogP contribution in [-0.4, -0.2) is 26.9 Å². The molecule has 2 aromatic rings. The molecule has 0 aliphatic heterocycles. The molecule has 0 bridgehead atoms. The Labute approximate surface area is 124 Å². The van der Waals surface area contributed by atoms with Crippen molar-refractivity contribution in [2.45, 2.75) is 38.9 Å². The minimum absolute atomic E-state index is 0.304. The third-order valence-electron chi connectivity index (χ3n) is 3.32. The number of carbonyl (C=O) groups is 1. The van der Waals surface area contributed by atoms with Gasteiger partial charge in [0.05, 0.1) is 6.20 Å². The van der Waals surface area contributed by atoms with Gasteiger partial charge in [-0.3, -0.25) is 14.8 Å². The molecule has 0 radical (unpaired) electrons. The molecular weight excluding hydrogens is 266 g/mol. The van der Waals surface area contributed by atoms with Crippen LogP contribution in [0.4, 0.5) is 0 Å². The summed E-state index contributed by atoms with van der Waals surface area (Å²) in [5.41, 5.74) is 2.00. The van der Waals surface area contributed by atoms with E-state index < -0.39 is 12.0 Å². The molecule has 21 heavy (non-hydrogen) atoms. The molecule has 5 nitrogen and oxygen atoms in total. The molecule has 1 aromatic heterocycles. The van der Waals surface area contributed by atoms with Crippen LogP contribution >= 0.6 is 0 Å². The molecular formula is C16H21N3O2. The van der Waals surface area contributed by atoms with Crippen LogP contribution in [0.25, 0.3) is 0 Å². The molecule has 0 aliphatic carbocycles. The molecule has 112 valence electrons. The smallest absolute Gasteiger partial charge is 0.321 e. The van der Waals surface area contributed by atoms with Crippen LogP contribution in [0.3, 0.4) is 0 Å². The van der Waals surface area contributed by atoms with Gasteiger partial charge in [-0.2, -0.15) is 5.10 Å². The fourth-order valence-electron chi connectivity index (χ4n) is 2.09. The zero-order valence-electron chi connectivity index (χ0n) is 12.4. The maximum atomic E-state index is 11.4. The molecule has 1 heterocycles. The fourth-order valence-corrected chi connectivity index (χ4v) is 2.09. The highest BCUT2D eigenvalue weighted by atomic mass is 16.4. The predicted molar refractivity (Wildman–Crippen MR) is 81.0 cm³/mol. The Hall–Kier alpha value is -2.14. The third-order valence-corrected chi connectivity index (χ3v) is 3.32. The zero-order valence-corrected chi connectivity index (χ0v) is 12.4. The second-order valence-electron chi connectivity index (χ2n) is 5.38. The Bertz CT molecular complexity index is 578. The zero-order chi connectivity index (χ0) is 15.2. The number of nitrogens with zero attached hydrogens (tertiary/aromatic N) is 2. The van der Waals surface area contributed by atoms with Gasteiger partial charge in [0, 0.05) is 24.3 Å². The van der Waals surface area contributed by atoms with E-state index in [1.54, 1.807) is 6.20 Å². The van der Waals surface area contributed by atoms with Crippen LogP contribution in [0, 0.1) is 0 Å². The van der Waals surface area contributed by atoms with E-state index in [9.17, 15) is 9.90 Å². The molecule has 5 heteroatoms. The average molecular weight is 287 g/mol. The molecule has 0 unspecified atom stereocenters. The van der Waals surface area contributed by atoms with Crippen molar-refractivity contribution in [2.24, 2.45) is 0 Å². The second kappa shape index (κ2) is 7.04. The van der Waals surface area contributed by atoms with Gasteiger partial charge in [0.2, 0.25) is 0 Å². The van der Waals surface area contributed by atoms with Crippen molar-refractivity contribution in [3.05, 3.63) is 53.9 Å². The van der Waals surface area contributed by atoms with E-state index >= 15 is 0 Å². The minimum Gasteiger partial charge on any atom is -0.480 e. The number of benzene rings is 1. The van der Waals surface area contributed by atoms with Gasteiger partial charge in [-0.15, -0.1) is 0 Å². The fraction of sp³-hybridized carbons (Fsp3) is 0.375. The Morgan fingerprint density at radius 1 is 1.29 bits per heavy atom. The normalized spacial score (nSPS) is 12.5. The summed E-state index contributed by atoms with van der Waals surface area (Å²) >= 11 is 0. The van der Waals surface area contributed by atoms with Crippen LogP contribution < -0.4 is 5.32 Å². The van der Waals surface area contributed by atoms with Crippen LogP contribution in [-0.2, 0) is 17.8 Å². The van der Waals surface area contributed by atoms with Gasteiger partial charge in [0.25, 0.3) is 0 Å². The highest BCUT2D eigenvalue weighted by Gasteiger charge is 2.17. The van der Waals surface area contributed by atoms with Gasteiger partial charge in [-0.05, 0) is 25.8 Å². The standard InChI is InChI=1S/C16H21N3O2/c1-12(2)19-11-14(10-18-19)9-17-15(16(20)21)8-13-6-4-3-5-7-13/h3-7,10-12,15,17H,8-9H2,1-2H3,(H,20,21)/t15-/m0/s1. The van der Waals surface area contributed by atoms with Gasteiger partial charge < -0.3 is 5.11 Å². The van der Waals surface area contributed by atoms with E-state index in [1.807, 2.05) is 41.2 Å². The molecule has 0 saturated carbocycles. The summed E-state index contributed by atoms with van der Waals surface area (Å²) in [5.74, 6) is -0.838. The Morgan fingerprint density at radius 3 is 2.57 bits per heavy atom. The van der Waals surface area contributed by atoms with E-state index in [1.165, 1.54) is 0 Å². The van der Waals surface area contributed by atoms with Crippen molar-refractivity contribution in [3.8, 4) is 0 Å². The van der Waals surface area contributed by atoms with E-state index in [-0.39, 0.29) is 0 Å².